The topological polar surface area (TPSA) is 334 Å². The van der Waals surface area contributed by atoms with Gasteiger partial charge in [-0.1, -0.05) is 18.2 Å². The Labute approximate surface area is 374 Å². The first kappa shape index (κ1) is 49.8. The van der Waals surface area contributed by atoms with E-state index in [1.54, 1.807) is 50.2 Å². The fourth-order valence-electron chi connectivity index (χ4n) is 5.82. The minimum Gasteiger partial charge on any atom is -0.469 e. The smallest absolute Gasteiger partial charge is 0.307 e. The van der Waals surface area contributed by atoms with E-state index in [1.807, 2.05) is 0 Å². The number of hydrogen-bond donors (Lipinski definition) is 4. The van der Waals surface area contributed by atoms with Crippen molar-refractivity contribution in [3.63, 3.8) is 0 Å². The molecule has 0 saturated heterocycles. The van der Waals surface area contributed by atoms with Crippen LogP contribution >= 0.6 is 0 Å². The van der Waals surface area contributed by atoms with Crippen LogP contribution in [-0.4, -0.2) is 91.6 Å². The molecule has 0 aliphatic rings. The summed E-state index contributed by atoms with van der Waals surface area (Å²) in [4.78, 5) is 24.4. The van der Waals surface area contributed by atoms with Gasteiger partial charge in [-0.2, -0.15) is 69.1 Å². The number of carbonyl (C=O) groups is 1. The lowest BCUT2D eigenvalue weighted by molar-refractivity contribution is -0.140. The highest BCUT2D eigenvalue weighted by molar-refractivity contribution is 7.87. The van der Waals surface area contributed by atoms with Crippen LogP contribution in [0.25, 0.3) is 0 Å². The van der Waals surface area contributed by atoms with Crippen molar-refractivity contribution in [1.29, 1.82) is 0 Å². The zero-order chi connectivity index (χ0) is 47.7. The number of carbonyl (C=O) groups excluding carboxylic acids is 1. The summed E-state index contributed by atoms with van der Waals surface area (Å²) in [7, 11) is -14.5. The van der Waals surface area contributed by atoms with Crippen molar-refractivity contribution in [3.8, 4) is 0 Å². The maximum atomic E-state index is 12.4. The molecule has 0 spiro atoms. The quantitative estimate of drug-likeness (QED) is 0.0297. The average Bonchev–Trinajstić information content (AvgIpc) is 3.21. The number of esters is 1. The Hall–Kier alpha value is -6.20. The zero-order valence-corrected chi connectivity index (χ0v) is 38.3. The minimum atomic E-state index is -4.48. The van der Waals surface area contributed by atoms with Crippen molar-refractivity contribution in [1.82, 2.24) is 15.0 Å². The Kier molecular flexibility index (Phi) is 15.9. The van der Waals surface area contributed by atoms with Gasteiger partial charge in [0.15, 0.2) is 0 Å². The summed E-state index contributed by atoms with van der Waals surface area (Å²) in [5.41, 5.74) is 3.26. The second-order valence-corrected chi connectivity index (χ2v) is 20.2. The number of aromatic nitrogens is 3. The number of ether oxygens (including phenoxy) is 1. The van der Waals surface area contributed by atoms with Gasteiger partial charge in [-0.15, -0.1) is 0 Å². The molecule has 1 aromatic heterocycles. The highest BCUT2D eigenvalue weighted by atomic mass is 32.2. The molecule has 0 fully saturated rings. The summed E-state index contributed by atoms with van der Waals surface area (Å²) in [5, 5.41) is 22.7. The molecule has 4 N–H and O–H groups in total. The largest absolute Gasteiger partial charge is 0.469 e. The van der Waals surface area contributed by atoms with Crippen LogP contribution in [0.1, 0.15) is 40.1 Å². The van der Waals surface area contributed by atoms with Crippen molar-refractivity contribution in [3.05, 3.63) is 106 Å². The van der Waals surface area contributed by atoms with E-state index in [4.69, 9.17) is 4.74 Å². The van der Waals surface area contributed by atoms with Gasteiger partial charge in [-0.3, -0.25) is 22.3 Å². The van der Waals surface area contributed by atoms with Gasteiger partial charge in [0.1, 0.15) is 17.3 Å². The molecule has 0 aliphatic carbocycles. The van der Waals surface area contributed by atoms with Crippen molar-refractivity contribution in [2.45, 2.75) is 48.0 Å². The van der Waals surface area contributed by atoms with Crippen LogP contribution in [-0.2, 0) is 76.3 Å². The molecule has 65 heavy (non-hydrogen) atoms. The van der Waals surface area contributed by atoms with Crippen LogP contribution in [0.3, 0.4) is 0 Å². The molecule has 4 aromatic carbocycles. The molecule has 346 valence electrons. The molecule has 27 heteroatoms. The fourth-order valence-corrected chi connectivity index (χ4v) is 8.52. The van der Waals surface area contributed by atoms with E-state index < -0.39 is 67.7 Å². The first-order valence-corrected chi connectivity index (χ1v) is 24.6. The molecule has 0 bridgehead atoms. The first-order chi connectivity index (χ1) is 30.4. The van der Waals surface area contributed by atoms with Crippen molar-refractivity contribution in [2.75, 3.05) is 38.5 Å². The molecule has 0 unspecified atom stereocenters. The van der Waals surface area contributed by atoms with Gasteiger partial charge >= 0.3 is 5.97 Å². The van der Waals surface area contributed by atoms with Crippen molar-refractivity contribution in [2.24, 2.45) is 20.5 Å². The second kappa shape index (κ2) is 20.7. The van der Waals surface area contributed by atoms with E-state index in [2.05, 4.69) is 54.4 Å². The van der Waals surface area contributed by atoms with Crippen LogP contribution in [0.5, 0.6) is 0 Å². The summed E-state index contributed by atoms with van der Waals surface area (Å²) in [5.74, 6) is -1.52. The lowest BCUT2D eigenvalue weighted by Gasteiger charge is -2.12. The van der Waals surface area contributed by atoms with E-state index in [9.17, 15) is 47.6 Å². The maximum Gasteiger partial charge on any atom is 0.307 e. The number of hydrogen-bond acceptors (Lipinski definition) is 21. The van der Waals surface area contributed by atoms with Gasteiger partial charge in [0, 0.05) is 18.7 Å². The average molecular weight is 976 g/mol. The van der Waals surface area contributed by atoms with E-state index in [0.717, 1.165) is 38.0 Å². The van der Waals surface area contributed by atoms with E-state index in [1.165, 1.54) is 25.3 Å². The van der Waals surface area contributed by atoms with Gasteiger partial charge in [0.05, 0.1) is 60.3 Å². The predicted molar refractivity (Wildman–Crippen MR) is 234 cm³/mol. The molecule has 0 radical (unpaired) electrons. The van der Waals surface area contributed by atoms with Crippen molar-refractivity contribution < 1.29 is 60.7 Å². The Balaban J connectivity index is 1.39. The summed E-state index contributed by atoms with van der Waals surface area (Å²) < 4.78 is 128. The fraction of sp³-hybridized carbons (Fsp3) is 0.263. The number of nitrogens with zero attached hydrogens (tertiary/aromatic N) is 7. The number of anilines is 3. The third kappa shape index (κ3) is 14.9. The van der Waals surface area contributed by atoms with Gasteiger partial charge in [-0.25, -0.2) is 0 Å². The number of benzene rings is 4. The Morgan fingerprint density at radius 3 is 1.65 bits per heavy atom. The van der Waals surface area contributed by atoms with Crippen LogP contribution < -0.4 is 10.6 Å². The molecule has 0 amide bonds. The summed E-state index contributed by atoms with van der Waals surface area (Å²) in [6.45, 7) is 3.62. The second-order valence-electron chi connectivity index (χ2n) is 13.8. The lowest BCUT2D eigenvalue weighted by Crippen LogP contribution is -2.14. The third-order valence-corrected chi connectivity index (χ3v) is 12.7. The summed E-state index contributed by atoms with van der Waals surface area (Å²) >= 11 is 0. The molecule has 5 aromatic rings. The first-order valence-electron chi connectivity index (χ1n) is 18.6. The third-order valence-electron chi connectivity index (χ3n) is 8.76. The van der Waals surface area contributed by atoms with Crippen molar-refractivity contribution >= 4 is 86.8 Å². The molecule has 0 saturated carbocycles. The number of nitrogens with one attached hydrogen (secondary N) is 2. The van der Waals surface area contributed by atoms with Crippen LogP contribution in [0.2, 0.25) is 0 Å². The number of aryl methyl sites for hydroxylation is 2. The molecule has 0 aliphatic heterocycles. The molecule has 23 nitrogen and oxygen atoms in total. The van der Waals surface area contributed by atoms with Gasteiger partial charge < -0.3 is 15.4 Å². The highest BCUT2D eigenvalue weighted by Crippen LogP contribution is 2.31. The van der Waals surface area contributed by atoms with Gasteiger partial charge in [0.2, 0.25) is 11.9 Å². The number of rotatable bonds is 20. The van der Waals surface area contributed by atoms with Crippen LogP contribution in [0.15, 0.2) is 103 Å². The van der Waals surface area contributed by atoms with Gasteiger partial charge in [-0.05, 0) is 96.3 Å². The lowest BCUT2D eigenvalue weighted by atomic mass is 10.1. The molecule has 5 rings (SSSR count). The Bertz CT molecular complexity index is 3030. The van der Waals surface area contributed by atoms with E-state index in [-0.39, 0.29) is 53.8 Å². The maximum absolute atomic E-state index is 12.4. The molecule has 0 atom stereocenters. The summed E-state index contributed by atoms with van der Waals surface area (Å²) in [6, 6.07) is 17.0. The zero-order valence-electron chi connectivity index (χ0n) is 35.0. The molecular formula is C38H41N9O14S4. The van der Waals surface area contributed by atoms with E-state index >= 15 is 0 Å². The number of methoxy groups -OCH3 is 1. The molecule has 1 heterocycles. The molecular weight excluding hydrogens is 935 g/mol. The van der Waals surface area contributed by atoms with E-state index in [0.29, 0.717) is 34.0 Å². The Morgan fingerprint density at radius 2 is 1.14 bits per heavy atom. The normalized spacial score (nSPS) is 12.5. The summed E-state index contributed by atoms with van der Waals surface area (Å²) in [6.07, 6.45) is 0.212. The SMILES string of the molecule is COC(=O)CCNc1nc(Cc2ccc(N=Nc3cc(CS(=O)(=O)O)cc(CS(=O)(=O)O)c3)c(C)c2)nc(Nc2ccc(N=Nc3cc(S(=O)(=O)OC)cc(S(=O)(=O)OC)c3)c(C)c2)n1. The minimum absolute atomic E-state index is 0.0212. The standard InChI is InChI=1S/C38H41N9O14S4/c1-23-12-25(6-8-33(23)46-44-29-15-26(21-62(49,50)51)14-27(16-29)22-63(52,53)54)17-35-41-37(39-11-10-36(48)59-3)43-38(42-35)40-28-7-9-34(24(2)13-28)47-45-30-18-31(64(55,56)60-4)20-32(19-30)65(57,58)61-5/h6-9,12-16,18-20H,10-11,17,21-22H2,1-5H3,(H,49,50,51)(H,52,53,54)(H2,39,40,41,42,43). The monoisotopic (exact) mass is 975 g/mol. The number of azo groups is 2. The van der Waals surface area contributed by atoms with Gasteiger partial charge in [0.25, 0.3) is 40.5 Å². The predicted octanol–water partition coefficient (Wildman–Crippen LogP) is 6.07. The Morgan fingerprint density at radius 1 is 0.615 bits per heavy atom. The highest BCUT2D eigenvalue weighted by Gasteiger charge is 2.22. The van der Waals surface area contributed by atoms with Crippen LogP contribution in [0.4, 0.5) is 40.3 Å². The van der Waals surface area contributed by atoms with Crippen LogP contribution in [0, 0.1) is 13.8 Å².